The van der Waals surface area contributed by atoms with Crippen LogP contribution in [-0.2, 0) is 44.2 Å². The van der Waals surface area contributed by atoms with Gasteiger partial charge in [-0.25, -0.2) is 29.6 Å². The molecule has 9 heterocycles. The zero-order valence-corrected chi connectivity index (χ0v) is 79.5. The Labute approximate surface area is 672 Å². The second-order valence-corrected chi connectivity index (χ2v) is 48.0. The van der Waals surface area contributed by atoms with E-state index in [4.69, 9.17) is 0 Å². The smallest absolute Gasteiger partial charge is 0.227 e. The van der Waals surface area contributed by atoms with Gasteiger partial charge in [0, 0.05) is 120 Å². The van der Waals surface area contributed by atoms with Crippen LogP contribution in [-0.4, -0.2) is 292 Å². The Balaban J connectivity index is -0.000000558. The summed E-state index contributed by atoms with van der Waals surface area (Å²) in [7, 11) is -2.86. The SMILES string of the molecule is C.C1=NCCO1.CC.CC.CC(C)(C)C.CC(C)(C)C(=O)N1CCCC1.CC(C)(C)N1CCCC1=O.CC(C)(C)N1CCCCC1.CC(C)(C)S(=O)(=O)N1CCCC1.CC(N1CCCC1)C(C)(C)C.CN1CCC(S(=O)(=O)C(C)(C)C)CC1.CN1CCN(C(C)(C)C)CC1.CN1CCN(S(=O)(=O)C(C)(C)C)CC1. The summed E-state index contributed by atoms with van der Waals surface area (Å²) in [5.41, 5.74) is 1.56. The van der Waals surface area contributed by atoms with E-state index < -0.39 is 44.1 Å². The minimum atomic E-state index is -3.12. The van der Waals surface area contributed by atoms with E-state index in [1.165, 1.54) is 104 Å². The first-order chi connectivity index (χ1) is 48.5. The first kappa shape index (κ1) is 112. The highest BCUT2D eigenvalue weighted by Gasteiger charge is 2.40. The van der Waals surface area contributed by atoms with E-state index in [-0.39, 0.29) is 23.6 Å². The van der Waals surface area contributed by atoms with Crippen LogP contribution in [0.15, 0.2) is 4.99 Å². The van der Waals surface area contributed by atoms with Gasteiger partial charge in [0.1, 0.15) is 6.61 Å². The molecule has 1 atom stereocenters. The van der Waals surface area contributed by atoms with Gasteiger partial charge in [-0.1, -0.05) is 111 Å². The number of amides is 2. The first-order valence-electron chi connectivity index (χ1n) is 41.7. The fourth-order valence-corrected chi connectivity index (χ4v) is 17.0. The highest BCUT2D eigenvalue weighted by Crippen LogP contribution is 2.30. The Morgan fingerprint density at radius 3 is 1.06 bits per heavy atom. The number of sulfonamides is 2. The van der Waals surface area contributed by atoms with E-state index in [0.29, 0.717) is 59.9 Å². The molecule has 0 bridgehead atoms. The molecule has 0 spiro atoms. The molecule has 23 heteroatoms. The largest absolute Gasteiger partial charge is 0.482 e. The summed E-state index contributed by atoms with van der Waals surface area (Å²) in [4.78, 5) is 44.9. The Kier molecular flexibility index (Phi) is 53.1. The molecule has 0 aromatic heterocycles. The van der Waals surface area contributed by atoms with Crippen molar-refractivity contribution >= 4 is 48.1 Å². The number of likely N-dealkylation sites (tertiary alicyclic amines) is 5. The van der Waals surface area contributed by atoms with E-state index in [1.54, 1.807) is 70.9 Å². The molecule has 0 radical (unpaired) electrons. The van der Waals surface area contributed by atoms with E-state index in [1.807, 2.05) is 72.4 Å². The van der Waals surface area contributed by atoms with Gasteiger partial charge in [-0.05, 0) is 273 Å². The van der Waals surface area contributed by atoms with Crippen LogP contribution in [0.4, 0.5) is 0 Å². The van der Waals surface area contributed by atoms with Crippen molar-refractivity contribution in [2.75, 3.05) is 159 Å². The summed E-state index contributed by atoms with van der Waals surface area (Å²) in [6.45, 7) is 88.7. The molecule has 8 saturated heterocycles. The van der Waals surface area contributed by atoms with Crippen molar-refractivity contribution in [1.82, 2.24) is 47.8 Å². The summed E-state index contributed by atoms with van der Waals surface area (Å²) < 4.78 is 77.7. The van der Waals surface area contributed by atoms with E-state index in [0.717, 1.165) is 104 Å². The lowest BCUT2D eigenvalue weighted by atomic mass is 9.87. The molecule has 2 amide bonds. The molecule has 9 aliphatic rings. The van der Waals surface area contributed by atoms with Crippen molar-refractivity contribution in [3.63, 3.8) is 0 Å². The number of aliphatic imine (C=N–C) groups is 1. The summed E-state index contributed by atoms with van der Waals surface area (Å²) in [5.74, 6) is 0.613. The topological polar surface area (TPSA) is 191 Å². The van der Waals surface area contributed by atoms with Crippen molar-refractivity contribution < 1.29 is 39.6 Å². The third-order valence-corrected chi connectivity index (χ3v) is 28.1. The number of sulfone groups is 1. The van der Waals surface area contributed by atoms with Gasteiger partial charge in [-0.15, -0.1) is 0 Å². The number of carbonyl (C=O) groups is 2. The van der Waals surface area contributed by atoms with Gasteiger partial charge < -0.3 is 34.1 Å². The lowest BCUT2D eigenvalue weighted by Crippen LogP contribution is -2.52. The lowest BCUT2D eigenvalue weighted by Gasteiger charge is -2.41. The quantitative estimate of drug-likeness (QED) is 0.258. The first-order valence-corrected chi connectivity index (χ1v) is 46.2. The van der Waals surface area contributed by atoms with Crippen molar-refractivity contribution in [3.8, 4) is 0 Å². The van der Waals surface area contributed by atoms with Crippen LogP contribution in [0.3, 0.4) is 0 Å². The maximum absolute atomic E-state index is 12.1. The van der Waals surface area contributed by atoms with Crippen LogP contribution >= 0.6 is 0 Å². The molecule has 0 aromatic carbocycles. The molecular weight excluding hydrogens is 1420 g/mol. The minimum absolute atomic E-state index is 0. The Hall–Kier alpha value is -2.06. The van der Waals surface area contributed by atoms with Crippen molar-refractivity contribution in [3.05, 3.63) is 0 Å². The number of nitrogens with zero attached hydrogens (tertiary/aromatic N) is 11. The van der Waals surface area contributed by atoms with Gasteiger partial charge in [0.2, 0.25) is 31.9 Å². The van der Waals surface area contributed by atoms with Crippen LogP contribution in [0.5, 0.6) is 0 Å². The molecule has 9 rings (SSSR count). The average Bonchev–Trinajstić information content (AvgIpc) is 1.06. The summed E-state index contributed by atoms with van der Waals surface area (Å²) in [6.07, 6.45) is 16.3. The Bertz CT molecular complexity index is 2640. The zero-order valence-electron chi connectivity index (χ0n) is 77.1. The predicted octanol–water partition coefficient (Wildman–Crippen LogP) is 16.5. The van der Waals surface area contributed by atoms with Crippen LogP contribution in [0, 0.1) is 16.2 Å². The Morgan fingerprint density at radius 1 is 0.435 bits per heavy atom. The second kappa shape index (κ2) is 51.1. The third-order valence-electron chi connectivity index (χ3n) is 19.8. The number of likely N-dealkylation sites (N-methyl/N-ethyl adjacent to an activating group) is 2. The molecule has 9 aliphatic heterocycles. The van der Waals surface area contributed by atoms with Gasteiger partial charge in [0.05, 0.1) is 26.0 Å². The van der Waals surface area contributed by atoms with Gasteiger partial charge in [0.15, 0.2) is 16.2 Å². The maximum Gasteiger partial charge on any atom is 0.227 e. The van der Waals surface area contributed by atoms with E-state index in [2.05, 4.69) is 164 Å². The average molecular weight is 1600 g/mol. The number of piperazine rings is 2. The lowest BCUT2D eigenvalue weighted by molar-refractivity contribution is -0.138. The highest BCUT2D eigenvalue weighted by molar-refractivity contribution is 7.93. The third kappa shape index (κ3) is 45.9. The number of piperidine rings is 2. The molecule has 20 nitrogen and oxygen atoms in total. The molecule has 1 unspecified atom stereocenters. The van der Waals surface area contributed by atoms with Crippen LogP contribution in [0.2, 0.25) is 0 Å². The van der Waals surface area contributed by atoms with Gasteiger partial charge in [-0.3, -0.25) is 24.4 Å². The molecule has 0 N–H and O–H groups in total. The monoisotopic (exact) mass is 1600 g/mol. The van der Waals surface area contributed by atoms with E-state index in [9.17, 15) is 34.8 Å². The fraction of sp³-hybridized carbons (Fsp3) is 0.965. The second-order valence-electron chi connectivity index (χ2n) is 39.6. The van der Waals surface area contributed by atoms with Crippen molar-refractivity contribution in [2.45, 2.75) is 362 Å². The normalized spacial score (nSPS) is 20.6. The molecular formula is C85H183N11O9S3. The Morgan fingerprint density at radius 2 is 0.778 bits per heavy atom. The maximum atomic E-state index is 12.1. The minimum Gasteiger partial charge on any atom is -0.482 e. The molecule has 0 aromatic rings. The van der Waals surface area contributed by atoms with Crippen LogP contribution in [0.25, 0.3) is 0 Å². The van der Waals surface area contributed by atoms with Gasteiger partial charge in [0.25, 0.3) is 0 Å². The number of carbonyl (C=O) groups excluding carboxylic acids is 2. The molecule has 0 saturated carbocycles. The fourth-order valence-electron chi connectivity index (χ4n) is 12.3. The summed E-state index contributed by atoms with van der Waals surface area (Å²) in [6, 6.07) is 0.741. The molecule has 8 fully saturated rings. The summed E-state index contributed by atoms with van der Waals surface area (Å²) >= 11 is 0. The number of rotatable bonds is 4. The molecule has 650 valence electrons. The van der Waals surface area contributed by atoms with Gasteiger partial charge in [-0.2, -0.15) is 4.31 Å². The van der Waals surface area contributed by atoms with Crippen molar-refractivity contribution in [2.24, 2.45) is 21.2 Å². The standard InChI is InChI=1S/C10H21NO2S.C10H21N.C9H20N2O2S.C9H20N2.C9H17NO.C9H19N.C8H17NO2S.C8H15NO.C5H12.C3H5NO.2C2H6.CH4/c1-10(2,3)14(12,13)9-5-7-11(4)8-6-9;1-9(10(2,3)4)11-7-5-6-8-11;1-9(2,3)14(12,13)11-7-5-10(4)6-8-11;1-9(2,3)11-7-5-10(4)6-8-11;1-9(2,3)8(11)10-6-4-5-7-10;1-9(2,3)10-7-5-4-6-8-10;1-8(2,3)12(10,11)9-6-4-5-7-9;1-8(2,3)9-6-4-5-7(9)10;1-5(2,3)4;1-2-5-3-4-1;2*1-2;/h9H,5-8H2,1-4H3;9H,5-8H2,1-4H3;5-8H2,1-4H3;5-8H2,1-4H3;4-7H2,1-3H3;4-8H2,1-3H3;4-7H2,1-3H3;4-6H2,1-3H3;1-4H3;3H,1-2H2;2*1-2H3;1H4. The van der Waals surface area contributed by atoms with Crippen LogP contribution < -0.4 is 0 Å². The van der Waals surface area contributed by atoms with E-state index >= 15 is 0 Å². The predicted molar refractivity (Wildman–Crippen MR) is 470 cm³/mol. The van der Waals surface area contributed by atoms with Gasteiger partial charge >= 0.3 is 0 Å². The van der Waals surface area contributed by atoms with Crippen molar-refractivity contribution in [1.29, 1.82) is 0 Å². The van der Waals surface area contributed by atoms with Crippen LogP contribution in [0.1, 0.15) is 319 Å². The molecule has 0 aliphatic carbocycles. The zero-order chi connectivity index (χ0) is 84.2. The number of hydrogen-bond donors (Lipinski definition) is 0. The summed E-state index contributed by atoms with van der Waals surface area (Å²) in [5, 5.41) is -0.126. The number of hydrogen-bond acceptors (Lipinski definition) is 16. The highest BCUT2D eigenvalue weighted by atomic mass is 32.2. The molecule has 108 heavy (non-hydrogen) atoms. The number of ether oxygens (including phenoxy) is 1.